The number of hydrogen-bond acceptors (Lipinski definition) is 3. The van der Waals surface area contributed by atoms with E-state index in [0.29, 0.717) is 5.69 Å². The van der Waals surface area contributed by atoms with Crippen LogP contribution in [-0.4, -0.2) is 18.1 Å². The Morgan fingerprint density at radius 1 is 1.21 bits per heavy atom. The lowest BCUT2D eigenvalue weighted by Gasteiger charge is -2.26. The Morgan fingerprint density at radius 2 is 2.00 bits per heavy atom. The Bertz CT molecular complexity index is 655. The highest BCUT2D eigenvalue weighted by Crippen LogP contribution is 2.18. The van der Waals surface area contributed by atoms with Crippen LogP contribution < -0.4 is 4.90 Å². The highest BCUT2D eigenvalue weighted by molar-refractivity contribution is 5.49. The molecule has 0 bridgehead atoms. The van der Waals surface area contributed by atoms with Crippen molar-refractivity contribution in [1.82, 2.24) is 4.98 Å². The molecule has 0 atom stereocenters. The van der Waals surface area contributed by atoms with Gasteiger partial charge in [0.05, 0.1) is 11.9 Å². The minimum atomic E-state index is 0.443. The summed E-state index contributed by atoms with van der Waals surface area (Å²) in [4.78, 5) is 6.51. The van der Waals surface area contributed by atoms with Crippen molar-refractivity contribution in [3.05, 3.63) is 71.6 Å². The zero-order valence-electron chi connectivity index (χ0n) is 15.2. The third-order valence-electron chi connectivity index (χ3n) is 3.72. The van der Waals surface area contributed by atoms with Gasteiger partial charge >= 0.3 is 0 Å². The van der Waals surface area contributed by atoms with Crippen molar-refractivity contribution < 1.29 is 0 Å². The van der Waals surface area contributed by atoms with Crippen LogP contribution >= 0.6 is 0 Å². The van der Waals surface area contributed by atoms with E-state index in [-0.39, 0.29) is 0 Å². The number of allylic oxidation sites excluding steroid dienone is 5. The van der Waals surface area contributed by atoms with Gasteiger partial charge < -0.3 is 4.90 Å². The summed E-state index contributed by atoms with van der Waals surface area (Å²) in [5.41, 5.74) is 4.08. The van der Waals surface area contributed by atoms with Crippen LogP contribution in [0, 0.1) is 11.3 Å². The van der Waals surface area contributed by atoms with Gasteiger partial charge in [0.2, 0.25) is 0 Å². The largest absolute Gasteiger partial charge is 0.362 e. The zero-order valence-corrected chi connectivity index (χ0v) is 15.2. The molecule has 0 aromatic carbocycles. The average Bonchev–Trinajstić information content (AvgIpc) is 2.63. The van der Waals surface area contributed by atoms with E-state index in [0.717, 1.165) is 25.2 Å². The molecular weight excluding hydrogens is 294 g/mol. The molecule has 0 saturated heterocycles. The normalized spacial score (nSPS) is 12.8. The third kappa shape index (κ3) is 6.26. The number of hydrogen-bond donors (Lipinski definition) is 0. The molecule has 0 saturated carbocycles. The summed E-state index contributed by atoms with van der Waals surface area (Å²) < 4.78 is 0. The van der Waals surface area contributed by atoms with Crippen molar-refractivity contribution in [1.29, 1.82) is 5.26 Å². The number of nitrogens with zero attached hydrogens (tertiary/aromatic N) is 3. The second-order valence-electron chi connectivity index (χ2n) is 5.44. The average molecular weight is 321 g/mol. The van der Waals surface area contributed by atoms with E-state index in [2.05, 4.69) is 60.2 Å². The Balaban J connectivity index is 3.12. The fourth-order valence-electron chi connectivity index (χ4n) is 2.31. The predicted octanol–water partition coefficient (Wildman–Crippen LogP) is 5.19. The van der Waals surface area contributed by atoms with Crippen LogP contribution in [0.5, 0.6) is 0 Å². The number of aromatic nitrogens is 1. The van der Waals surface area contributed by atoms with E-state index < -0.39 is 0 Å². The Morgan fingerprint density at radius 3 is 2.50 bits per heavy atom. The minimum Gasteiger partial charge on any atom is -0.362 e. The summed E-state index contributed by atoms with van der Waals surface area (Å²) in [6.07, 6.45) is 15.4. The molecule has 0 amide bonds. The Labute approximate surface area is 146 Å². The number of pyridine rings is 1. The van der Waals surface area contributed by atoms with Crippen molar-refractivity contribution in [2.75, 3.05) is 18.0 Å². The first-order chi connectivity index (χ1) is 11.7. The highest BCUT2D eigenvalue weighted by atomic mass is 15.1. The molecule has 1 aromatic rings. The van der Waals surface area contributed by atoms with Crippen molar-refractivity contribution in [3.63, 3.8) is 0 Å². The molecule has 1 rings (SSSR count). The molecule has 3 heteroatoms. The second kappa shape index (κ2) is 11.0. The van der Waals surface area contributed by atoms with Gasteiger partial charge in [0.1, 0.15) is 11.8 Å². The molecule has 24 heavy (non-hydrogen) atoms. The lowest BCUT2D eigenvalue weighted by Crippen LogP contribution is -2.28. The summed E-state index contributed by atoms with van der Waals surface area (Å²) >= 11 is 0. The minimum absolute atomic E-state index is 0.443. The summed E-state index contributed by atoms with van der Waals surface area (Å²) in [6.45, 7) is 9.93. The zero-order chi connectivity index (χ0) is 17.8. The van der Waals surface area contributed by atoms with Gasteiger partial charge in [-0.2, -0.15) is 5.26 Å². The smallest absolute Gasteiger partial charge is 0.140 e. The SMILES string of the molecule is CC=CC=C(CC)CN(CC(C=CC)=CC)c1ccc(C#N)nc1. The second-order valence-corrected chi connectivity index (χ2v) is 5.44. The van der Waals surface area contributed by atoms with E-state index in [4.69, 9.17) is 5.26 Å². The molecule has 0 aliphatic rings. The first-order valence-electron chi connectivity index (χ1n) is 8.38. The Kier molecular flexibility index (Phi) is 8.93. The molecule has 0 fully saturated rings. The number of rotatable bonds is 8. The molecule has 0 N–H and O–H groups in total. The van der Waals surface area contributed by atoms with Crippen LogP contribution in [0.4, 0.5) is 5.69 Å². The van der Waals surface area contributed by atoms with Crippen molar-refractivity contribution in [3.8, 4) is 6.07 Å². The standard InChI is InChI=1S/C21H27N3/c1-5-9-11-19(8-4)17-24(16-18(7-3)10-6-2)21-13-12-20(14-22)23-15-21/h5-7,9-13,15H,8,16-17H2,1-4H3. The fraction of sp³-hybridized carbons (Fsp3) is 0.333. The van der Waals surface area contributed by atoms with Gasteiger partial charge in [0, 0.05) is 13.1 Å². The van der Waals surface area contributed by atoms with Crippen LogP contribution in [0.1, 0.15) is 39.8 Å². The summed E-state index contributed by atoms with van der Waals surface area (Å²) in [5, 5.41) is 8.94. The van der Waals surface area contributed by atoms with Gasteiger partial charge in [-0.25, -0.2) is 4.98 Å². The maximum atomic E-state index is 8.94. The van der Waals surface area contributed by atoms with Crippen molar-refractivity contribution in [2.45, 2.75) is 34.1 Å². The van der Waals surface area contributed by atoms with E-state index in [1.54, 1.807) is 12.3 Å². The van der Waals surface area contributed by atoms with E-state index >= 15 is 0 Å². The van der Waals surface area contributed by atoms with E-state index in [9.17, 15) is 0 Å². The fourth-order valence-corrected chi connectivity index (χ4v) is 2.31. The first kappa shape index (κ1) is 19.4. The van der Waals surface area contributed by atoms with E-state index in [1.807, 2.05) is 26.0 Å². The Hall–Kier alpha value is -2.60. The highest BCUT2D eigenvalue weighted by Gasteiger charge is 2.10. The lowest BCUT2D eigenvalue weighted by molar-refractivity contribution is 0.865. The summed E-state index contributed by atoms with van der Waals surface area (Å²) in [7, 11) is 0. The van der Waals surface area contributed by atoms with Crippen LogP contribution in [0.25, 0.3) is 0 Å². The third-order valence-corrected chi connectivity index (χ3v) is 3.72. The topological polar surface area (TPSA) is 39.9 Å². The quantitative estimate of drug-likeness (QED) is 0.618. The van der Waals surface area contributed by atoms with Crippen LogP contribution in [0.3, 0.4) is 0 Å². The van der Waals surface area contributed by atoms with Crippen molar-refractivity contribution in [2.24, 2.45) is 0 Å². The maximum absolute atomic E-state index is 8.94. The van der Waals surface area contributed by atoms with Gasteiger partial charge in [-0.15, -0.1) is 0 Å². The van der Waals surface area contributed by atoms with Gasteiger partial charge in [-0.05, 0) is 44.9 Å². The van der Waals surface area contributed by atoms with Gasteiger partial charge in [-0.3, -0.25) is 0 Å². The van der Waals surface area contributed by atoms with Crippen molar-refractivity contribution >= 4 is 5.69 Å². The number of anilines is 1. The van der Waals surface area contributed by atoms with Crippen LogP contribution in [0.2, 0.25) is 0 Å². The molecule has 3 nitrogen and oxygen atoms in total. The summed E-state index contributed by atoms with van der Waals surface area (Å²) in [6, 6.07) is 5.81. The molecule has 0 radical (unpaired) electrons. The molecule has 0 spiro atoms. The molecule has 126 valence electrons. The molecule has 0 aliphatic carbocycles. The maximum Gasteiger partial charge on any atom is 0.140 e. The van der Waals surface area contributed by atoms with E-state index in [1.165, 1.54) is 11.1 Å². The van der Waals surface area contributed by atoms with Gasteiger partial charge in [0.25, 0.3) is 0 Å². The monoisotopic (exact) mass is 321 g/mol. The first-order valence-corrected chi connectivity index (χ1v) is 8.38. The van der Waals surface area contributed by atoms with Crippen LogP contribution in [-0.2, 0) is 0 Å². The number of nitriles is 1. The predicted molar refractivity (Wildman–Crippen MR) is 103 cm³/mol. The lowest BCUT2D eigenvalue weighted by atomic mass is 10.1. The molecule has 0 unspecified atom stereocenters. The van der Waals surface area contributed by atoms with Gasteiger partial charge in [-0.1, -0.05) is 49.0 Å². The van der Waals surface area contributed by atoms with Gasteiger partial charge in [0.15, 0.2) is 0 Å². The van der Waals surface area contributed by atoms with Crippen LogP contribution in [0.15, 0.2) is 65.9 Å². The molecular formula is C21H27N3. The summed E-state index contributed by atoms with van der Waals surface area (Å²) in [5.74, 6) is 0. The molecule has 1 aromatic heterocycles. The molecule has 1 heterocycles. The molecule has 0 aliphatic heterocycles.